The molecule has 2 aromatic rings. The molecule has 1 heterocycles. The number of halogens is 1. The van der Waals surface area contributed by atoms with Crippen LogP contribution in [0.3, 0.4) is 0 Å². The lowest BCUT2D eigenvalue weighted by atomic mass is 9.71. The first-order valence-corrected chi connectivity index (χ1v) is 14.0. The summed E-state index contributed by atoms with van der Waals surface area (Å²) in [5, 5.41) is 3.40. The molecule has 0 spiro atoms. The molecule has 0 aromatic heterocycles. The van der Waals surface area contributed by atoms with Gasteiger partial charge in [-0.25, -0.2) is 4.79 Å². The fourth-order valence-electron chi connectivity index (χ4n) is 5.38. The fraction of sp³-hybridized carbons (Fsp3) is 0.419. The number of methoxy groups -OCH3 is 4. The maximum Gasteiger partial charge on any atom is 0.337 e. The van der Waals surface area contributed by atoms with Gasteiger partial charge in [0, 0.05) is 33.8 Å². The Hall–Kier alpha value is -3.46. The molecular weight excluding hydrogens is 578 g/mol. The predicted octanol–water partition coefficient (Wildman–Crippen LogP) is 6.19. The highest BCUT2D eigenvalue weighted by Crippen LogP contribution is 2.49. The molecule has 2 aliphatic rings. The Morgan fingerprint density at radius 1 is 0.975 bits per heavy atom. The second-order valence-electron chi connectivity index (χ2n) is 9.98. The molecule has 8 nitrogen and oxygen atoms in total. The van der Waals surface area contributed by atoms with Crippen LogP contribution >= 0.6 is 15.9 Å². The summed E-state index contributed by atoms with van der Waals surface area (Å²) in [7, 11) is 6.31. The van der Waals surface area contributed by atoms with Gasteiger partial charge in [-0.05, 0) is 68.0 Å². The molecular formula is C31H36BrNO7. The molecule has 0 saturated carbocycles. The van der Waals surface area contributed by atoms with Gasteiger partial charge in [-0.2, -0.15) is 0 Å². The number of hydrogen-bond acceptors (Lipinski definition) is 8. The van der Waals surface area contributed by atoms with E-state index in [1.807, 2.05) is 45.0 Å². The van der Waals surface area contributed by atoms with Crippen LogP contribution in [0.4, 0.5) is 0 Å². The van der Waals surface area contributed by atoms with Crippen molar-refractivity contribution < 1.29 is 33.3 Å². The van der Waals surface area contributed by atoms with Crippen molar-refractivity contribution in [3.63, 3.8) is 0 Å². The van der Waals surface area contributed by atoms with Crippen LogP contribution in [0, 0.1) is 0 Å². The Balaban J connectivity index is 1.84. The average Bonchev–Trinajstić information content (AvgIpc) is 2.95. The highest BCUT2D eigenvalue weighted by Gasteiger charge is 2.42. The van der Waals surface area contributed by atoms with Gasteiger partial charge in [0.2, 0.25) is 0 Å². The maximum absolute atomic E-state index is 14.0. The van der Waals surface area contributed by atoms with Crippen LogP contribution in [0.25, 0.3) is 0 Å². The lowest BCUT2D eigenvalue weighted by molar-refractivity contribution is -0.144. The van der Waals surface area contributed by atoms with Crippen molar-refractivity contribution in [2.24, 2.45) is 0 Å². The standard InChI is InChI=1S/C31H36BrNO7/c1-8-16(2)40-31(35)28-17(3)33-22-11-19(18-9-10-24(36-4)25(13-18)37-5)12-23(34)30(22)29(28)20-14-26(38-6)27(39-7)15-21(20)32/h9-10,13-16,19,29,33H,8,11-12H2,1-7H3. The molecule has 0 amide bonds. The molecule has 0 radical (unpaired) electrons. The first-order valence-electron chi connectivity index (χ1n) is 13.3. The zero-order valence-electron chi connectivity index (χ0n) is 24.0. The second kappa shape index (κ2) is 12.4. The molecule has 40 heavy (non-hydrogen) atoms. The number of hydrogen-bond donors (Lipinski definition) is 1. The summed E-state index contributed by atoms with van der Waals surface area (Å²) in [4.78, 5) is 27.6. The summed E-state index contributed by atoms with van der Waals surface area (Å²) in [6.45, 7) is 5.67. The number of carbonyl (C=O) groups is 2. The van der Waals surface area contributed by atoms with E-state index in [-0.39, 0.29) is 24.2 Å². The van der Waals surface area contributed by atoms with Crippen molar-refractivity contribution in [3.05, 3.63) is 68.5 Å². The highest BCUT2D eigenvalue weighted by atomic mass is 79.9. The van der Waals surface area contributed by atoms with Crippen LogP contribution in [0.15, 0.2) is 57.3 Å². The van der Waals surface area contributed by atoms with Gasteiger partial charge in [-0.3, -0.25) is 4.79 Å². The van der Waals surface area contributed by atoms with Gasteiger partial charge in [0.25, 0.3) is 0 Å². The summed E-state index contributed by atoms with van der Waals surface area (Å²) in [5.74, 6) is 1.06. The molecule has 0 bridgehead atoms. The number of rotatable bonds is 9. The van der Waals surface area contributed by atoms with Crippen LogP contribution in [0.1, 0.15) is 63.0 Å². The smallest absolute Gasteiger partial charge is 0.337 e. The SMILES string of the molecule is CCC(C)OC(=O)C1=C(C)NC2=C(C(=O)CC(c3ccc(OC)c(OC)c3)C2)C1c1cc(OC)c(OC)cc1Br. The van der Waals surface area contributed by atoms with Crippen molar-refractivity contribution >= 4 is 27.7 Å². The van der Waals surface area contributed by atoms with Crippen LogP contribution in [0.5, 0.6) is 23.0 Å². The lowest BCUT2D eigenvalue weighted by Crippen LogP contribution is -2.36. The normalized spacial score (nSPS) is 19.4. The molecule has 1 N–H and O–H groups in total. The number of allylic oxidation sites excluding steroid dienone is 3. The summed E-state index contributed by atoms with van der Waals surface area (Å²) < 4.78 is 28.4. The molecule has 0 fully saturated rings. The number of ketones is 1. The molecule has 3 unspecified atom stereocenters. The maximum atomic E-state index is 14.0. The predicted molar refractivity (Wildman–Crippen MR) is 155 cm³/mol. The third-order valence-corrected chi connectivity index (χ3v) is 8.31. The van der Waals surface area contributed by atoms with E-state index < -0.39 is 11.9 Å². The third-order valence-electron chi connectivity index (χ3n) is 7.62. The van der Waals surface area contributed by atoms with Crippen LogP contribution in [-0.4, -0.2) is 46.3 Å². The Morgan fingerprint density at radius 2 is 1.60 bits per heavy atom. The first kappa shape index (κ1) is 29.5. The summed E-state index contributed by atoms with van der Waals surface area (Å²) in [6, 6.07) is 9.36. The van der Waals surface area contributed by atoms with Crippen molar-refractivity contribution in [1.82, 2.24) is 5.32 Å². The number of Topliss-reactive ketones (excluding diaryl/α,β-unsaturated/α-hetero) is 1. The van der Waals surface area contributed by atoms with Crippen molar-refractivity contribution in [3.8, 4) is 23.0 Å². The van der Waals surface area contributed by atoms with Gasteiger partial charge in [-0.15, -0.1) is 0 Å². The Morgan fingerprint density at radius 3 is 2.23 bits per heavy atom. The van der Waals surface area contributed by atoms with E-state index in [4.69, 9.17) is 23.7 Å². The largest absolute Gasteiger partial charge is 0.493 e. The lowest BCUT2D eigenvalue weighted by Gasteiger charge is -2.37. The quantitative estimate of drug-likeness (QED) is 0.335. The third kappa shape index (κ3) is 5.57. The molecule has 9 heteroatoms. The van der Waals surface area contributed by atoms with E-state index >= 15 is 0 Å². The number of nitrogens with one attached hydrogen (secondary N) is 1. The van der Waals surface area contributed by atoms with E-state index in [1.54, 1.807) is 34.5 Å². The highest BCUT2D eigenvalue weighted by molar-refractivity contribution is 9.10. The first-order chi connectivity index (χ1) is 19.2. The molecule has 1 aliphatic heterocycles. The average molecular weight is 615 g/mol. The topological polar surface area (TPSA) is 92.3 Å². The molecule has 1 aliphatic carbocycles. The van der Waals surface area contributed by atoms with Gasteiger partial charge in [0.15, 0.2) is 28.8 Å². The molecule has 0 saturated heterocycles. The number of dihydropyridines is 1. The number of esters is 1. The van der Waals surface area contributed by atoms with Gasteiger partial charge in [0.1, 0.15) is 0 Å². The monoisotopic (exact) mass is 613 g/mol. The zero-order chi connectivity index (χ0) is 29.1. The fourth-order valence-corrected chi connectivity index (χ4v) is 5.94. The minimum absolute atomic E-state index is 0.0402. The van der Waals surface area contributed by atoms with E-state index in [2.05, 4.69) is 21.2 Å². The van der Waals surface area contributed by atoms with E-state index in [9.17, 15) is 9.59 Å². The molecule has 3 atom stereocenters. The minimum atomic E-state index is -0.652. The molecule has 4 rings (SSSR count). The minimum Gasteiger partial charge on any atom is -0.493 e. The van der Waals surface area contributed by atoms with Crippen LogP contribution in [-0.2, 0) is 14.3 Å². The number of benzene rings is 2. The van der Waals surface area contributed by atoms with Gasteiger partial charge in [-0.1, -0.05) is 28.9 Å². The zero-order valence-corrected chi connectivity index (χ0v) is 25.6. The number of carbonyl (C=O) groups excluding carboxylic acids is 2. The van der Waals surface area contributed by atoms with Crippen molar-refractivity contribution in [2.45, 2.75) is 58.0 Å². The summed E-state index contributed by atoms with van der Waals surface area (Å²) >= 11 is 3.67. The van der Waals surface area contributed by atoms with Gasteiger partial charge < -0.3 is 29.0 Å². The van der Waals surface area contributed by atoms with Crippen molar-refractivity contribution in [2.75, 3.05) is 28.4 Å². The van der Waals surface area contributed by atoms with E-state index in [0.29, 0.717) is 57.2 Å². The van der Waals surface area contributed by atoms with E-state index in [0.717, 1.165) is 16.8 Å². The van der Waals surface area contributed by atoms with E-state index in [1.165, 1.54) is 0 Å². The Bertz CT molecular complexity index is 1380. The number of ether oxygens (including phenoxy) is 5. The summed E-state index contributed by atoms with van der Waals surface area (Å²) in [5.41, 5.74) is 4.11. The van der Waals surface area contributed by atoms with Gasteiger partial charge in [0.05, 0.1) is 40.1 Å². The molecule has 214 valence electrons. The Labute approximate surface area is 243 Å². The second-order valence-corrected chi connectivity index (χ2v) is 10.8. The molecule has 2 aromatic carbocycles. The summed E-state index contributed by atoms with van der Waals surface area (Å²) in [6.07, 6.45) is 1.28. The Kier molecular flexibility index (Phi) is 9.13. The van der Waals surface area contributed by atoms with Gasteiger partial charge >= 0.3 is 5.97 Å². The van der Waals surface area contributed by atoms with Crippen molar-refractivity contribution in [1.29, 1.82) is 0 Å². The van der Waals surface area contributed by atoms with Crippen LogP contribution in [0.2, 0.25) is 0 Å². The van der Waals surface area contributed by atoms with Crippen LogP contribution < -0.4 is 24.3 Å².